The number of ether oxygens (including phenoxy) is 1. The summed E-state index contributed by atoms with van der Waals surface area (Å²) in [6, 6.07) is 0.319. The van der Waals surface area contributed by atoms with Crippen LogP contribution in [0.5, 0.6) is 0 Å². The van der Waals surface area contributed by atoms with Crippen LogP contribution >= 0.6 is 0 Å². The van der Waals surface area contributed by atoms with Crippen molar-refractivity contribution in [2.45, 2.75) is 46.2 Å². The standard InChI is InChI=1S/C12H24N4O/c1-4-7-16-12(14-10-15-16)8-11(13-5-2)9-17-6-3/h10-11,13H,4-9H2,1-3H3. The topological polar surface area (TPSA) is 52.0 Å². The van der Waals surface area contributed by atoms with E-state index in [1.807, 2.05) is 11.6 Å². The van der Waals surface area contributed by atoms with Gasteiger partial charge in [0.1, 0.15) is 12.2 Å². The molecule has 1 atom stereocenters. The average Bonchev–Trinajstić information content (AvgIpc) is 2.74. The van der Waals surface area contributed by atoms with Gasteiger partial charge in [0.15, 0.2) is 0 Å². The molecule has 0 aliphatic carbocycles. The fourth-order valence-electron chi connectivity index (χ4n) is 1.80. The molecule has 0 aromatic carbocycles. The molecule has 0 aliphatic heterocycles. The van der Waals surface area contributed by atoms with Crippen LogP contribution in [0.2, 0.25) is 0 Å². The van der Waals surface area contributed by atoms with E-state index in [0.29, 0.717) is 6.04 Å². The molecule has 5 heteroatoms. The second-order valence-electron chi connectivity index (χ2n) is 4.02. The molecular formula is C12H24N4O. The first-order chi connectivity index (χ1) is 8.31. The Morgan fingerprint density at radius 1 is 1.41 bits per heavy atom. The van der Waals surface area contributed by atoms with E-state index < -0.39 is 0 Å². The van der Waals surface area contributed by atoms with Gasteiger partial charge in [0.05, 0.1) is 6.61 Å². The third kappa shape index (κ3) is 4.83. The van der Waals surface area contributed by atoms with Crippen LogP contribution in [0.25, 0.3) is 0 Å². The van der Waals surface area contributed by atoms with Crippen LogP contribution < -0.4 is 5.32 Å². The molecule has 0 saturated carbocycles. The lowest BCUT2D eigenvalue weighted by molar-refractivity contribution is 0.122. The molecule has 0 spiro atoms. The van der Waals surface area contributed by atoms with E-state index in [4.69, 9.17) is 4.74 Å². The molecule has 0 saturated heterocycles. The van der Waals surface area contributed by atoms with E-state index in [0.717, 1.165) is 45.0 Å². The van der Waals surface area contributed by atoms with Crippen molar-refractivity contribution >= 4 is 0 Å². The molecule has 1 unspecified atom stereocenters. The predicted molar refractivity (Wildman–Crippen MR) is 68.0 cm³/mol. The van der Waals surface area contributed by atoms with E-state index >= 15 is 0 Å². The normalized spacial score (nSPS) is 12.9. The number of nitrogens with one attached hydrogen (secondary N) is 1. The van der Waals surface area contributed by atoms with Crippen LogP contribution in [0.15, 0.2) is 6.33 Å². The summed E-state index contributed by atoms with van der Waals surface area (Å²) in [4.78, 5) is 4.32. The Balaban J connectivity index is 2.54. The third-order valence-corrected chi connectivity index (χ3v) is 2.58. The van der Waals surface area contributed by atoms with E-state index in [9.17, 15) is 0 Å². The van der Waals surface area contributed by atoms with Crippen LogP contribution in [0, 0.1) is 0 Å². The Hall–Kier alpha value is -0.940. The summed E-state index contributed by atoms with van der Waals surface area (Å²) in [5, 5.41) is 7.66. The van der Waals surface area contributed by atoms with Crippen LogP contribution in [0.1, 0.15) is 33.0 Å². The number of aromatic nitrogens is 3. The third-order valence-electron chi connectivity index (χ3n) is 2.58. The Kier molecular flexibility index (Phi) is 6.81. The quantitative estimate of drug-likeness (QED) is 0.705. The number of hydrogen-bond acceptors (Lipinski definition) is 4. The predicted octanol–water partition coefficient (Wildman–Crippen LogP) is 1.25. The highest BCUT2D eigenvalue weighted by molar-refractivity contribution is 4.89. The van der Waals surface area contributed by atoms with Gasteiger partial charge >= 0.3 is 0 Å². The number of rotatable bonds is 9. The molecule has 1 rings (SSSR count). The highest BCUT2D eigenvalue weighted by Gasteiger charge is 2.12. The van der Waals surface area contributed by atoms with Gasteiger partial charge in [0.25, 0.3) is 0 Å². The summed E-state index contributed by atoms with van der Waals surface area (Å²) in [6.45, 7) is 9.63. The van der Waals surface area contributed by atoms with E-state index in [-0.39, 0.29) is 0 Å². The monoisotopic (exact) mass is 240 g/mol. The Bertz CT molecular complexity index is 300. The van der Waals surface area contributed by atoms with Crippen molar-refractivity contribution in [1.82, 2.24) is 20.1 Å². The second kappa shape index (κ2) is 8.20. The van der Waals surface area contributed by atoms with Gasteiger partial charge in [0, 0.05) is 25.6 Å². The maximum Gasteiger partial charge on any atom is 0.138 e. The molecule has 1 heterocycles. The van der Waals surface area contributed by atoms with Gasteiger partial charge in [-0.2, -0.15) is 5.10 Å². The van der Waals surface area contributed by atoms with Crippen molar-refractivity contribution in [2.75, 3.05) is 19.8 Å². The van der Waals surface area contributed by atoms with Gasteiger partial charge in [-0.3, -0.25) is 4.68 Å². The lowest BCUT2D eigenvalue weighted by Crippen LogP contribution is -2.36. The van der Waals surface area contributed by atoms with Crippen molar-refractivity contribution < 1.29 is 4.74 Å². The van der Waals surface area contributed by atoms with Gasteiger partial charge in [-0.15, -0.1) is 0 Å². The number of likely N-dealkylation sites (N-methyl/N-ethyl adjacent to an activating group) is 1. The van der Waals surface area contributed by atoms with Gasteiger partial charge in [-0.25, -0.2) is 4.98 Å². The fraction of sp³-hybridized carbons (Fsp3) is 0.833. The molecule has 5 nitrogen and oxygen atoms in total. The largest absolute Gasteiger partial charge is 0.380 e. The highest BCUT2D eigenvalue weighted by atomic mass is 16.5. The molecule has 0 radical (unpaired) electrons. The van der Waals surface area contributed by atoms with Crippen LogP contribution in [0.4, 0.5) is 0 Å². The minimum absolute atomic E-state index is 0.319. The molecule has 0 bridgehead atoms. The van der Waals surface area contributed by atoms with E-state index in [2.05, 4.69) is 29.2 Å². The number of nitrogens with zero attached hydrogens (tertiary/aromatic N) is 3. The lowest BCUT2D eigenvalue weighted by atomic mass is 10.2. The Labute approximate surface area is 104 Å². The minimum Gasteiger partial charge on any atom is -0.380 e. The molecule has 0 fully saturated rings. The second-order valence-corrected chi connectivity index (χ2v) is 4.02. The van der Waals surface area contributed by atoms with Crippen LogP contribution in [-0.2, 0) is 17.7 Å². The molecule has 1 aromatic heterocycles. The molecule has 17 heavy (non-hydrogen) atoms. The summed E-state index contributed by atoms with van der Waals surface area (Å²) in [5.74, 6) is 1.04. The SMILES string of the molecule is CCCn1ncnc1CC(COCC)NCC. The molecular weight excluding hydrogens is 216 g/mol. The molecule has 1 N–H and O–H groups in total. The fourth-order valence-corrected chi connectivity index (χ4v) is 1.80. The zero-order chi connectivity index (χ0) is 12.5. The van der Waals surface area contributed by atoms with Gasteiger partial charge < -0.3 is 10.1 Å². The van der Waals surface area contributed by atoms with Crippen molar-refractivity contribution in [3.05, 3.63) is 12.2 Å². The number of aryl methyl sites for hydroxylation is 1. The van der Waals surface area contributed by atoms with Crippen LogP contribution in [-0.4, -0.2) is 40.6 Å². The first-order valence-corrected chi connectivity index (χ1v) is 6.49. The summed E-state index contributed by atoms with van der Waals surface area (Å²) >= 11 is 0. The molecule has 1 aromatic rings. The summed E-state index contributed by atoms with van der Waals surface area (Å²) in [6.07, 6.45) is 3.58. The Morgan fingerprint density at radius 2 is 2.24 bits per heavy atom. The molecule has 98 valence electrons. The van der Waals surface area contributed by atoms with E-state index in [1.54, 1.807) is 6.33 Å². The maximum atomic E-state index is 5.48. The average molecular weight is 240 g/mol. The smallest absolute Gasteiger partial charge is 0.138 e. The zero-order valence-corrected chi connectivity index (χ0v) is 11.1. The van der Waals surface area contributed by atoms with Crippen molar-refractivity contribution in [3.8, 4) is 0 Å². The van der Waals surface area contributed by atoms with Gasteiger partial charge in [0.2, 0.25) is 0 Å². The lowest BCUT2D eigenvalue weighted by Gasteiger charge is -2.17. The first-order valence-electron chi connectivity index (χ1n) is 6.49. The summed E-state index contributed by atoms with van der Waals surface area (Å²) < 4.78 is 7.46. The highest BCUT2D eigenvalue weighted by Crippen LogP contribution is 2.02. The first kappa shape index (κ1) is 14.1. The van der Waals surface area contributed by atoms with Crippen LogP contribution in [0.3, 0.4) is 0 Å². The van der Waals surface area contributed by atoms with Crippen molar-refractivity contribution in [3.63, 3.8) is 0 Å². The van der Waals surface area contributed by atoms with Gasteiger partial charge in [-0.05, 0) is 19.9 Å². The Morgan fingerprint density at radius 3 is 2.88 bits per heavy atom. The van der Waals surface area contributed by atoms with Gasteiger partial charge in [-0.1, -0.05) is 13.8 Å². The number of hydrogen-bond donors (Lipinski definition) is 1. The van der Waals surface area contributed by atoms with Crippen molar-refractivity contribution in [1.29, 1.82) is 0 Å². The summed E-state index contributed by atoms with van der Waals surface area (Å²) in [7, 11) is 0. The van der Waals surface area contributed by atoms with Crippen molar-refractivity contribution in [2.24, 2.45) is 0 Å². The summed E-state index contributed by atoms with van der Waals surface area (Å²) in [5.41, 5.74) is 0. The molecule has 0 amide bonds. The minimum atomic E-state index is 0.319. The zero-order valence-electron chi connectivity index (χ0n) is 11.1. The maximum absolute atomic E-state index is 5.48. The van der Waals surface area contributed by atoms with E-state index in [1.165, 1.54) is 0 Å². The molecule has 0 aliphatic rings.